The Kier molecular flexibility index (Phi) is 5.68. The van der Waals surface area contributed by atoms with E-state index in [9.17, 15) is 0 Å². The average molecular weight is 580 g/mol. The van der Waals surface area contributed by atoms with Gasteiger partial charge in [-0.3, -0.25) is 0 Å². The minimum Gasteiger partial charge on any atom is -0.304 e. The van der Waals surface area contributed by atoms with Crippen molar-refractivity contribution in [3.05, 3.63) is 152 Å². The van der Waals surface area contributed by atoms with Crippen molar-refractivity contribution in [2.75, 3.05) is 0 Å². The van der Waals surface area contributed by atoms with Crippen molar-refractivity contribution >= 4 is 53.3 Å². The highest BCUT2D eigenvalue weighted by Gasteiger charge is 2.22. The van der Waals surface area contributed by atoms with E-state index in [0.29, 0.717) is 5.82 Å². The van der Waals surface area contributed by atoms with Gasteiger partial charge in [-0.15, -0.1) is 11.3 Å². The zero-order valence-corrected chi connectivity index (χ0v) is 24.5. The molecular weight excluding hydrogens is 555 g/mol. The first kappa shape index (κ1) is 25.0. The third-order valence-electron chi connectivity index (χ3n) is 8.47. The van der Waals surface area contributed by atoms with Crippen LogP contribution in [0.2, 0.25) is 0 Å². The Labute approximate surface area is 258 Å². The van der Waals surface area contributed by atoms with E-state index in [2.05, 4.69) is 132 Å². The molecule has 4 heteroatoms. The van der Waals surface area contributed by atoms with Crippen LogP contribution in [0.15, 0.2) is 152 Å². The fraction of sp³-hybridized carbons (Fsp3) is 0. The lowest BCUT2D eigenvalue weighted by Crippen LogP contribution is -2.02. The summed E-state index contributed by atoms with van der Waals surface area (Å²) in [5.41, 5.74) is 8.66. The largest absolute Gasteiger partial charge is 0.304 e. The minimum absolute atomic E-state index is 0.715. The summed E-state index contributed by atoms with van der Waals surface area (Å²) in [6, 6.07) is 51.4. The molecule has 6 aromatic carbocycles. The highest BCUT2D eigenvalue weighted by atomic mass is 32.1. The quantitative estimate of drug-likeness (QED) is 0.208. The number of aromatic nitrogens is 3. The van der Waals surface area contributed by atoms with Gasteiger partial charge in [0.1, 0.15) is 0 Å². The van der Waals surface area contributed by atoms with Gasteiger partial charge in [0.25, 0.3) is 0 Å². The highest BCUT2D eigenvalue weighted by molar-refractivity contribution is 7.26. The Morgan fingerprint density at radius 3 is 1.93 bits per heavy atom. The summed E-state index contributed by atoms with van der Waals surface area (Å²) in [5, 5.41) is 5.00. The molecule has 0 atom stereocenters. The Bertz CT molecular complexity index is 2480. The van der Waals surface area contributed by atoms with E-state index in [-0.39, 0.29) is 0 Å². The number of fused-ring (bicyclic) bond motifs is 7. The zero-order chi connectivity index (χ0) is 29.0. The monoisotopic (exact) mass is 579 g/mol. The van der Waals surface area contributed by atoms with Gasteiger partial charge in [0.15, 0.2) is 5.82 Å². The Morgan fingerprint density at radius 2 is 1.16 bits per heavy atom. The first-order valence-corrected chi connectivity index (χ1v) is 15.6. The summed E-state index contributed by atoms with van der Waals surface area (Å²) >= 11 is 1.86. The molecule has 3 nitrogen and oxygen atoms in total. The third kappa shape index (κ3) is 3.89. The van der Waals surface area contributed by atoms with Crippen molar-refractivity contribution < 1.29 is 0 Å². The molecule has 0 saturated heterocycles. The molecule has 0 fully saturated rings. The maximum atomic E-state index is 5.24. The smallest absolute Gasteiger partial charge is 0.159 e. The van der Waals surface area contributed by atoms with E-state index in [1.165, 1.54) is 47.6 Å². The highest BCUT2D eigenvalue weighted by Crippen LogP contribution is 2.44. The van der Waals surface area contributed by atoms with Gasteiger partial charge in [-0.05, 0) is 29.3 Å². The maximum Gasteiger partial charge on any atom is 0.159 e. The summed E-state index contributed by atoms with van der Waals surface area (Å²) in [4.78, 5) is 10.2. The number of nitrogens with zero attached hydrogens (tertiary/aromatic N) is 3. The molecule has 3 aromatic heterocycles. The van der Waals surface area contributed by atoms with Crippen LogP contribution in [-0.2, 0) is 0 Å². The summed E-state index contributed by atoms with van der Waals surface area (Å²) in [6.45, 7) is 0. The fourth-order valence-electron chi connectivity index (χ4n) is 6.42. The maximum absolute atomic E-state index is 5.24. The molecule has 0 aliphatic heterocycles. The molecular formula is C40H25N3S. The van der Waals surface area contributed by atoms with Crippen LogP contribution in [0.25, 0.3) is 81.4 Å². The van der Waals surface area contributed by atoms with E-state index in [4.69, 9.17) is 9.97 Å². The molecule has 9 aromatic rings. The first-order chi connectivity index (χ1) is 21.8. The Morgan fingerprint density at radius 1 is 0.500 bits per heavy atom. The predicted octanol–water partition coefficient (Wildman–Crippen LogP) is 10.9. The second-order valence-electron chi connectivity index (χ2n) is 11.0. The van der Waals surface area contributed by atoms with Crippen LogP contribution in [0.1, 0.15) is 0 Å². The summed E-state index contributed by atoms with van der Waals surface area (Å²) in [6.07, 6.45) is 2.01. The van der Waals surface area contributed by atoms with E-state index < -0.39 is 0 Å². The second kappa shape index (κ2) is 10.0. The second-order valence-corrected chi connectivity index (χ2v) is 12.1. The van der Waals surface area contributed by atoms with E-state index >= 15 is 0 Å². The van der Waals surface area contributed by atoms with Crippen molar-refractivity contribution in [1.82, 2.24) is 14.5 Å². The van der Waals surface area contributed by atoms with Crippen molar-refractivity contribution in [3.8, 4) is 39.5 Å². The molecule has 0 N–H and O–H groups in total. The van der Waals surface area contributed by atoms with Crippen LogP contribution in [-0.4, -0.2) is 14.5 Å². The van der Waals surface area contributed by atoms with E-state index in [0.717, 1.165) is 28.0 Å². The zero-order valence-electron chi connectivity index (χ0n) is 23.7. The Balaban J connectivity index is 1.42. The lowest BCUT2D eigenvalue weighted by molar-refractivity contribution is 1.09. The fourth-order valence-corrected chi connectivity index (χ4v) is 7.66. The molecule has 0 saturated carbocycles. The number of hydrogen-bond donors (Lipinski definition) is 0. The van der Waals surface area contributed by atoms with Crippen LogP contribution < -0.4 is 0 Å². The lowest BCUT2D eigenvalue weighted by Gasteiger charge is -2.15. The van der Waals surface area contributed by atoms with Crippen LogP contribution in [0, 0.1) is 0 Å². The van der Waals surface area contributed by atoms with Gasteiger partial charge in [-0.25, -0.2) is 9.97 Å². The summed E-state index contributed by atoms with van der Waals surface area (Å²) < 4.78 is 4.96. The first-order valence-electron chi connectivity index (χ1n) is 14.8. The normalized spacial score (nSPS) is 11.6. The third-order valence-corrected chi connectivity index (χ3v) is 9.66. The topological polar surface area (TPSA) is 30.7 Å². The standard InChI is InChI=1S/C40H25N3S/c1-4-12-26(13-5-1)29-20-23-34-33(24-29)31-21-22-32-30-18-10-11-19-36(30)44-39(32)38(31)43(34)35-25-41-40(28-16-8-3-9-17-28)42-37(35)27-14-6-2-7-15-27/h1-25H. The molecule has 0 amide bonds. The van der Waals surface area contributed by atoms with Crippen molar-refractivity contribution in [2.24, 2.45) is 0 Å². The molecule has 44 heavy (non-hydrogen) atoms. The number of hydrogen-bond acceptors (Lipinski definition) is 3. The van der Waals surface area contributed by atoms with E-state index in [1.54, 1.807) is 0 Å². The van der Waals surface area contributed by atoms with Crippen LogP contribution in [0.5, 0.6) is 0 Å². The Hall–Kier alpha value is -5.58. The summed E-state index contributed by atoms with van der Waals surface area (Å²) in [5.74, 6) is 0.715. The van der Waals surface area contributed by atoms with E-state index in [1.807, 2.05) is 35.7 Å². The molecule has 0 radical (unpaired) electrons. The van der Waals surface area contributed by atoms with Gasteiger partial charge in [-0.2, -0.15) is 0 Å². The molecule has 9 rings (SSSR count). The molecule has 206 valence electrons. The molecule has 3 heterocycles. The average Bonchev–Trinajstić information content (AvgIpc) is 3.65. The van der Waals surface area contributed by atoms with Crippen LogP contribution >= 0.6 is 11.3 Å². The molecule has 0 aliphatic carbocycles. The number of rotatable bonds is 4. The minimum atomic E-state index is 0.715. The predicted molar refractivity (Wildman–Crippen MR) is 186 cm³/mol. The lowest BCUT2D eigenvalue weighted by atomic mass is 10.0. The molecule has 0 unspecified atom stereocenters. The van der Waals surface area contributed by atoms with Crippen LogP contribution in [0.3, 0.4) is 0 Å². The van der Waals surface area contributed by atoms with Crippen molar-refractivity contribution in [1.29, 1.82) is 0 Å². The van der Waals surface area contributed by atoms with Gasteiger partial charge >= 0.3 is 0 Å². The van der Waals surface area contributed by atoms with Crippen molar-refractivity contribution in [3.63, 3.8) is 0 Å². The number of thiophene rings is 1. The van der Waals surface area contributed by atoms with Gasteiger partial charge in [0.2, 0.25) is 0 Å². The van der Waals surface area contributed by atoms with Gasteiger partial charge in [0.05, 0.1) is 33.3 Å². The SMILES string of the molecule is c1ccc(-c2ccc3c(c2)c2ccc4c5ccccc5sc4c2n3-c2cnc(-c3ccccc3)nc2-c2ccccc2)cc1. The van der Waals surface area contributed by atoms with Gasteiger partial charge in [-0.1, -0.05) is 127 Å². The van der Waals surface area contributed by atoms with Gasteiger partial charge < -0.3 is 4.57 Å². The molecule has 0 bridgehead atoms. The molecule has 0 aliphatic rings. The molecule has 0 spiro atoms. The number of benzene rings is 6. The van der Waals surface area contributed by atoms with Crippen molar-refractivity contribution in [2.45, 2.75) is 0 Å². The summed E-state index contributed by atoms with van der Waals surface area (Å²) in [7, 11) is 0. The van der Waals surface area contributed by atoms with Crippen LogP contribution in [0.4, 0.5) is 0 Å². The van der Waals surface area contributed by atoms with Gasteiger partial charge in [0, 0.05) is 37.4 Å².